The van der Waals surface area contributed by atoms with Crippen LogP contribution in [0.2, 0.25) is 0 Å². The van der Waals surface area contributed by atoms with Crippen LogP contribution in [0.3, 0.4) is 0 Å². The Balaban J connectivity index is 1.09. The molecule has 6 aromatic heterocycles. The van der Waals surface area contributed by atoms with E-state index in [1.807, 2.05) is 4.40 Å². The summed E-state index contributed by atoms with van der Waals surface area (Å²) in [5.41, 5.74) is 21.1. The van der Waals surface area contributed by atoms with Crippen LogP contribution in [-0.2, 0) is 5.41 Å². The van der Waals surface area contributed by atoms with E-state index in [0.717, 1.165) is 65.5 Å². The maximum Gasteiger partial charge on any atom is 0.263 e. The van der Waals surface area contributed by atoms with E-state index >= 15 is 4.79 Å². The average Bonchev–Trinajstić information content (AvgIpc) is 4.02. The molecule has 2 bridgehead atoms. The molecule has 3 atom stereocenters. The van der Waals surface area contributed by atoms with Gasteiger partial charge in [0.05, 0.1) is 57.3 Å². The molecule has 6 aliphatic rings. The Bertz CT molecular complexity index is 4410. The van der Waals surface area contributed by atoms with Gasteiger partial charge in [-0.05, 0) is 67.8 Å². The lowest BCUT2D eigenvalue weighted by Gasteiger charge is -2.58. The van der Waals surface area contributed by atoms with Crippen molar-refractivity contribution >= 4 is 76.1 Å². The fourth-order valence-electron chi connectivity index (χ4n) is 15.0. The zero-order valence-electron chi connectivity index (χ0n) is 33.5. The maximum absolute atomic E-state index is 15.7. The number of fused-ring (bicyclic) bond motifs is 20. The van der Waals surface area contributed by atoms with Gasteiger partial charge in [-0.1, -0.05) is 133 Å². The molecule has 0 amide bonds. The number of rotatable bonds is 0. The monoisotopic (exact) mass is 798 g/mol. The first-order chi connectivity index (χ1) is 31.2. The minimum Gasteiger partial charge on any atom is -0.305 e. The summed E-state index contributed by atoms with van der Waals surface area (Å²) in [7, 11) is 0. The van der Waals surface area contributed by atoms with Crippen LogP contribution < -0.4 is 5.56 Å². The molecule has 13 aromatic rings. The van der Waals surface area contributed by atoms with Crippen molar-refractivity contribution in [3.8, 4) is 0 Å². The first kappa shape index (κ1) is 31.0. The largest absolute Gasteiger partial charge is 0.305 e. The van der Waals surface area contributed by atoms with Crippen LogP contribution in [0.1, 0.15) is 90.7 Å². The van der Waals surface area contributed by atoms with Gasteiger partial charge >= 0.3 is 0 Å². The Hall–Kier alpha value is -7.89. The molecule has 0 saturated heterocycles. The Morgan fingerprint density at radius 1 is 0.429 bits per heavy atom. The molecule has 288 valence electrons. The zero-order chi connectivity index (χ0) is 40.4. The van der Waals surface area contributed by atoms with Crippen molar-refractivity contribution in [2.45, 2.75) is 29.1 Å². The van der Waals surface area contributed by atoms with Crippen molar-refractivity contribution < 1.29 is 0 Å². The van der Waals surface area contributed by atoms with E-state index in [2.05, 4.69) is 162 Å². The molecule has 0 fully saturated rings. The van der Waals surface area contributed by atoms with E-state index in [0.29, 0.717) is 0 Å². The lowest BCUT2D eigenvalue weighted by molar-refractivity contribution is 0.328. The fourth-order valence-corrected chi connectivity index (χ4v) is 15.0. The van der Waals surface area contributed by atoms with Crippen LogP contribution in [0.25, 0.3) is 76.1 Å². The highest BCUT2D eigenvalue weighted by atomic mass is 16.1. The highest BCUT2D eigenvalue weighted by molar-refractivity contribution is 6.37. The molecule has 19 rings (SSSR count). The van der Waals surface area contributed by atoms with Crippen LogP contribution in [0, 0.1) is 0 Å². The summed E-state index contributed by atoms with van der Waals surface area (Å²) >= 11 is 0. The number of hydrogen-bond donors (Lipinski definition) is 0. The van der Waals surface area contributed by atoms with Crippen LogP contribution in [-0.4, -0.2) is 18.8 Å². The third-order valence-corrected chi connectivity index (χ3v) is 16.9. The summed E-state index contributed by atoms with van der Waals surface area (Å²) in [6.45, 7) is 0. The molecule has 0 N–H and O–H groups in total. The van der Waals surface area contributed by atoms with Gasteiger partial charge in [-0.2, -0.15) is 0 Å². The van der Waals surface area contributed by atoms with Gasteiger partial charge in [0.25, 0.3) is 5.56 Å². The van der Waals surface area contributed by atoms with Crippen molar-refractivity contribution in [1.29, 1.82) is 0 Å². The second-order valence-corrected chi connectivity index (χ2v) is 18.9. The topological polar surface area (TPSA) is 51.7 Å². The Morgan fingerprint density at radius 2 is 1.03 bits per heavy atom. The molecule has 5 heteroatoms. The summed E-state index contributed by atoms with van der Waals surface area (Å²) in [5.74, 6) is 0.486. The lowest BCUT2D eigenvalue weighted by atomic mass is 9.43. The van der Waals surface area contributed by atoms with Gasteiger partial charge in [0, 0.05) is 71.6 Å². The van der Waals surface area contributed by atoms with Gasteiger partial charge in [0.15, 0.2) is 0 Å². The molecule has 0 saturated carbocycles. The summed E-state index contributed by atoms with van der Waals surface area (Å²) in [6.07, 6.45) is 4.30. The van der Waals surface area contributed by atoms with E-state index < -0.39 is 0 Å². The minimum atomic E-state index is -0.209. The van der Waals surface area contributed by atoms with Crippen LogP contribution in [0.5, 0.6) is 0 Å². The minimum absolute atomic E-state index is 0.00575. The average molecular weight is 799 g/mol. The van der Waals surface area contributed by atoms with Gasteiger partial charge in [0.2, 0.25) is 0 Å². The SMILES string of the molecule is O=c1c2cc3c4c5c(ncc4n4c6cnc7c(c6c(c2c2cccc6c8ccccc8n1c62)c34)C1c2ccccc2C7c2ccccc21)C1c2ccccc2C2c3ccccc3C521. The van der Waals surface area contributed by atoms with Gasteiger partial charge in [0.1, 0.15) is 0 Å². The molecule has 6 aliphatic carbocycles. The highest BCUT2D eigenvalue weighted by Gasteiger charge is 2.71. The third kappa shape index (κ3) is 2.95. The lowest BCUT2D eigenvalue weighted by Crippen LogP contribution is -2.53. The quantitative estimate of drug-likeness (QED) is 0.144. The van der Waals surface area contributed by atoms with E-state index in [4.69, 9.17) is 9.97 Å². The van der Waals surface area contributed by atoms with Crippen LogP contribution in [0.15, 0.2) is 163 Å². The van der Waals surface area contributed by atoms with Gasteiger partial charge in [-0.3, -0.25) is 19.2 Å². The molecule has 0 radical (unpaired) electrons. The van der Waals surface area contributed by atoms with Crippen molar-refractivity contribution in [3.05, 3.63) is 235 Å². The third-order valence-electron chi connectivity index (χ3n) is 16.9. The number of nitrogens with zero attached hydrogens (tertiary/aromatic N) is 4. The molecule has 0 aliphatic heterocycles. The van der Waals surface area contributed by atoms with Crippen LogP contribution >= 0.6 is 0 Å². The van der Waals surface area contributed by atoms with E-state index in [-0.39, 0.29) is 34.6 Å². The zero-order valence-corrected chi connectivity index (χ0v) is 33.5. The Labute approximate surface area is 357 Å². The van der Waals surface area contributed by atoms with Gasteiger partial charge in [-0.25, -0.2) is 0 Å². The molecular weight excluding hydrogens is 769 g/mol. The van der Waals surface area contributed by atoms with Crippen molar-refractivity contribution in [2.24, 2.45) is 0 Å². The standard InChI is InChI=1S/C58H30N4O/c63-57-38-24-37-46-41(25-60-54-51-33-18-6-5-17-32(33)50-35-19-7-9-22-39(35)58(50,51)52(46)54)61-42-26-59-53-45-30-15-3-1-13-28(30)43(29-14-2-4-16-31(29)45)48(53)47(42)49(56(37)61)44(38)36-21-11-20-34-27-12-8-10-23-40(27)62(57)55(34)36/h1-26,43,45,50-51H. The molecule has 7 aromatic carbocycles. The molecule has 1 spiro atoms. The maximum atomic E-state index is 15.7. The molecule has 6 heterocycles. The molecule has 3 unspecified atom stereocenters. The number of benzene rings is 7. The normalized spacial score (nSPS) is 21.8. The summed E-state index contributed by atoms with van der Waals surface area (Å²) in [5, 5.41) is 9.86. The first-order valence-electron chi connectivity index (χ1n) is 22.3. The predicted molar refractivity (Wildman–Crippen MR) is 250 cm³/mol. The predicted octanol–water partition coefficient (Wildman–Crippen LogP) is 12.0. The fraction of sp³-hybridized carbons (Fsp3) is 0.0862. The Kier molecular flexibility index (Phi) is 4.80. The van der Waals surface area contributed by atoms with Crippen LogP contribution in [0.4, 0.5) is 0 Å². The number of aromatic nitrogens is 4. The molecular formula is C58H30N4O. The van der Waals surface area contributed by atoms with E-state index in [1.165, 1.54) is 77.6 Å². The smallest absolute Gasteiger partial charge is 0.263 e. The second kappa shape index (κ2) is 9.75. The van der Waals surface area contributed by atoms with Gasteiger partial charge in [-0.15, -0.1) is 0 Å². The molecule has 5 nitrogen and oxygen atoms in total. The van der Waals surface area contributed by atoms with Crippen molar-refractivity contribution in [1.82, 2.24) is 18.8 Å². The van der Waals surface area contributed by atoms with E-state index in [9.17, 15) is 0 Å². The highest BCUT2D eigenvalue weighted by Crippen LogP contribution is 2.78. The Morgan fingerprint density at radius 3 is 1.81 bits per heavy atom. The van der Waals surface area contributed by atoms with Gasteiger partial charge < -0.3 is 4.40 Å². The molecule has 63 heavy (non-hydrogen) atoms. The number of pyridine rings is 3. The summed E-state index contributed by atoms with van der Waals surface area (Å²) in [6, 6.07) is 53.5. The van der Waals surface area contributed by atoms with E-state index in [1.54, 1.807) is 0 Å². The summed E-state index contributed by atoms with van der Waals surface area (Å²) in [4.78, 5) is 26.8. The second-order valence-electron chi connectivity index (χ2n) is 18.9. The number of hydrogen-bond acceptors (Lipinski definition) is 3. The summed E-state index contributed by atoms with van der Waals surface area (Å²) < 4.78 is 4.50. The number of para-hydroxylation sites is 2. The first-order valence-corrected chi connectivity index (χ1v) is 22.3. The van der Waals surface area contributed by atoms with Crippen molar-refractivity contribution in [3.63, 3.8) is 0 Å². The van der Waals surface area contributed by atoms with Crippen molar-refractivity contribution in [2.75, 3.05) is 0 Å².